The van der Waals surface area contributed by atoms with Crippen LogP contribution in [0.15, 0.2) is 23.3 Å². The minimum atomic E-state index is -1.72. The summed E-state index contributed by atoms with van der Waals surface area (Å²) >= 11 is 5.79. The molecule has 0 fully saturated rings. The Labute approximate surface area is 145 Å². The zero-order chi connectivity index (χ0) is 17.3. The first-order chi connectivity index (χ1) is 10.2. The van der Waals surface area contributed by atoms with Crippen LogP contribution in [0.5, 0.6) is 0 Å². The number of hydrogen-bond acceptors (Lipinski definition) is 1. The van der Waals surface area contributed by atoms with E-state index in [0.29, 0.717) is 22.5 Å². The molecule has 0 saturated carbocycles. The molecule has 0 saturated heterocycles. The minimum absolute atomic E-state index is 0.636. The van der Waals surface area contributed by atoms with Gasteiger partial charge in [-0.05, 0) is 43.3 Å². The van der Waals surface area contributed by atoms with Crippen LogP contribution in [-0.2, 0) is 4.43 Å². The van der Waals surface area contributed by atoms with Gasteiger partial charge in [-0.3, -0.25) is 0 Å². The minimum Gasteiger partial charge on any atom is -0.412 e. The van der Waals surface area contributed by atoms with Crippen LogP contribution >= 0.6 is 11.6 Å². The molecule has 0 spiro atoms. The van der Waals surface area contributed by atoms with E-state index in [9.17, 15) is 0 Å². The molecule has 0 aliphatic rings. The van der Waals surface area contributed by atoms with Crippen LogP contribution in [0.3, 0.4) is 0 Å². The van der Waals surface area contributed by atoms with Gasteiger partial charge in [0, 0.05) is 5.88 Å². The van der Waals surface area contributed by atoms with E-state index < -0.39 is 8.32 Å². The lowest BCUT2D eigenvalue weighted by molar-refractivity contribution is 0.315. The van der Waals surface area contributed by atoms with Gasteiger partial charge in [-0.1, -0.05) is 64.8 Å². The Morgan fingerprint density at radius 1 is 0.909 bits per heavy atom. The lowest BCUT2D eigenvalue weighted by atomic mass is 10.1. The molecule has 130 valence electrons. The summed E-state index contributed by atoms with van der Waals surface area (Å²) in [5, 5.41) is 0. The summed E-state index contributed by atoms with van der Waals surface area (Å²) in [6.07, 6.45) is 6.68. The predicted molar refractivity (Wildman–Crippen MR) is 104 cm³/mol. The topological polar surface area (TPSA) is 9.23 Å². The molecule has 0 aliphatic carbocycles. The van der Waals surface area contributed by atoms with Crippen LogP contribution in [0.2, 0.25) is 16.6 Å². The zero-order valence-electron chi connectivity index (χ0n) is 16.0. The molecule has 3 heteroatoms. The van der Waals surface area contributed by atoms with Crippen LogP contribution in [0.25, 0.3) is 0 Å². The monoisotopic (exact) mass is 344 g/mol. The highest BCUT2D eigenvalue weighted by Gasteiger charge is 2.44. The van der Waals surface area contributed by atoms with E-state index in [1.54, 1.807) is 0 Å². The molecule has 0 aliphatic heterocycles. The molecule has 0 radical (unpaired) electrons. The molecule has 1 nitrogen and oxygen atoms in total. The quantitative estimate of drug-likeness (QED) is 0.233. The second-order valence-corrected chi connectivity index (χ2v) is 13.1. The third-order valence-electron chi connectivity index (χ3n) is 4.71. The summed E-state index contributed by atoms with van der Waals surface area (Å²) in [6, 6.07) is 0. The molecular weight excluding hydrogens is 308 g/mol. The first kappa shape index (κ1) is 21.9. The van der Waals surface area contributed by atoms with Gasteiger partial charge in [-0.25, -0.2) is 0 Å². The fourth-order valence-electron chi connectivity index (χ4n) is 3.53. The first-order valence-corrected chi connectivity index (χ1v) is 11.4. The van der Waals surface area contributed by atoms with E-state index in [0.717, 1.165) is 19.4 Å². The summed E-state index contributed by atoms with van der Waals surface area (Å²) in [5.41, 5.74) is 4.62. The van der Waals surface area contributed by atoms with E-state index in [2.05, 4.69) is 67.5 Å². The van der Waals surface area contributed by atoms with Gasteiger partial charge in [-0.2, -0.15) is 0 Å². The van der Waals surface area contributed by atoms with Crippen LogP contribution in [-0.4, -0.2) is 20.8 Å². The van der Waals surface area contributed by atoms with Crippen molar-refractivity contribution < 1.29 is 4.43 Å². The van der Waals surface area contributed by atoms with Crippen molar-refractivity contribution in [2.45, 2.75) is 84.9 Å². The average Bonchev–Trinajstić information content (AvgIpc) is 2.41. The van der Waals surface area contributed by atoms with E-state index in [1.807, 2.05) is 0 Å². The van der Waals surface area contributed by atoms with Gasteiger partial charge >= 0.3 is 0 Å². The van der Waals surface area contributed by atoms with E-state index >= 15 is 0 Å². The van der Waals surface area contributed by atoms with Gasteiger partial charge in [0.1, 0.15) is 0 Å². The summed E-state index contributed by atoms with van der Waals surface area (Å²) in [5.74, 6) is 0.636. The normalized spacial score (nSPS) is 14.5. The van der Waals surface area contributed by atoms with Gasteiger partial charge < -0.3 is 4.43 Å². The highest BCUT2D eigenvalue weighted by molar-refractivity contribution is 6.77. The molecule has 0 atom stereocenters. The van der Waals surface area contributed by atoms with Crippen molar-refractivity contribution in [2.24, 2.45) is 0 Å². The molecule has 0 bridgehead atoms. The summed E-state index contributed by atoms with van der Waals surface area (Å²) < 4.78 is 6.56. The van der Waals surface area contributed by atoms with Gasteiger partial charge in [0.05, 0.1) is 6.61 Å². The molecule has 0 heterocycles. The van der Waals surface area contributed by atoms with Crippen LogP contribution in [0.1, 0.15) is 68.2 Å². The van der Waals surface area contributed by atoms with Crippen molar-refractivity contribution >= 4 is 19.9 Å². The number of halogens is 1. The van der Waals surface area contributed by atoms with Crippen LogP contribution < -0.4 is 0 Å². The summed E-state index contributed by atoms with van der Waals surface area (Å²) in [4.78, 5) is 0. The third kappa shape index (κ3) is 6.60. The Morgan fingerprint density at radius 2 is 1.41 bits per heavy atom. The van der Waals surface area contributed by atoms with Crippen molar-refractivity contribution in [1.29, 1.82) is 0 Å². The molecule has 0 aromatic carbocycles. The van der Waals surface area contributed by atoms with Crippen molar-refractivity contribution in [3.05, 3.63) is 23.3 Å². The van der Waals surface area contributed by atoms with Gasteiger partial charge in [-0.15, -0.1) is 11.6 Å². The van der Waals surface area contributed by atoms with Gasteiger partial charge in [0.2, 0.25) is 8.32 Å². The molecule has 0 N–H and O–H groups in total. The molecule has 0 aromatic rings. The predicted octanol–water partition coefficient (Wildman–Crippen LogP) is 7.09. The van der Waals surface area contributed by atoms with Gasteiger partial charge in [0.25, 0.3) is 0 Å². The highest BCUT2D eigenvalue weighted by Crippen LogP contribution is 2.42. The van der Waals surface area contributed by atoms with Crippen molar-refractivity contribution in [3.63, 3.8) is 0 Å². The number of rotatable bonds is 10. The average molecular weight is 345 g/mol. The van der Waals surface area contributed by atoms with E-state index in [1.165, 1.54) is 11.1 Å². The van der Waals surface area contributed by atoms with Crippen molar-refractivity contribution in [2.75, 3.05) is 12.5 Å². The molecule has 0 unspecified atom stereocenters. The fourth-order valence-corrected chi connectivity index (χ4v) is 9.01. The van der Waals surface area contributed by atoms with Crippen molar-refractivity contribution in [3.8, 4) is 0 Å². The molecule has 22 heavy (non-hydrogen) atoms. The number of hydrogen-bond donors (Lipinski definition) is 0. The lowest BCUT2D eigenvalue weighted by Gasteiger charge is -2.42. The second kappa shape index (κ2) is 10.7. The highest BCUT2D eigenvalue weighted by atomic mass is 35.5. The third-order valence-corrected chi connectivity index (χ3v) is 11.2. The molecule has 0 aromatic heterocycles. The Morgan fingerprint density at radius 3 is 1.82 bits per heavy atom. The maximum atomic E-state index is 6.56. The number of alkyl halides is 1. The Kier molecular flexibility index (Phi) is 10.6. The lowest BCUT2D eigenvalue weighted by Crippen LogP contribution is -2.47. The van der Waals surface area contributed by atoms with E-state index in [-0.39, 0.29) is 0 Å². The molecular formula is C19H37ClOSi. The Bertz CT molecular complexity index is 348. The van der Waals surface area contributed by atoms with Crippen LogP contribution in [0.4, 0.5) is 0 Å². The standard InChI is InChI=1S/C19H37ClOSi/c1-15(2)22(16(3)4,17(5)6)21-13-12-18(7)10-9-11-19(8)14-20/h11-12,15-17H,9-10,13-14H2,1-8H3/b18-12+,19-11+. The summed E-state index contributed by atoms with van der Waals surface area (Å²) in [7, 11) is -1.72. The smallest absolute Gasteiger partial charge is 0.200 e. The fraction of sp³-hybridized carbons (Fsp3) is 0.789. The maximum Gasteiger partial charge on any atom is 0.200 e. The van der Waals surface area contributed by atoms with Crippen LogP contribution in [0, 0.1) is 0 Å². The number of allylic oxidation sites excluding steroid dienone is 3. The largest absolute Gasteiger partial charge is 0.412 e. The maximum absolute atomic E-state index is 6.56. The van der Waals surface area contributed by atoms with E-state index in [4.69, 9.17) is 16.0 Å². The Hall–Kier alpha value is -0.0531. The summed E-state index contributed by atoms with van der Waals surface area (Å²) in [6.45, 7) is 19.1. The van der Waals surface area contributed by atoms with Crippen molar-refractivity contribution in [1.82, 2.24) is 0 Å². The molecule has 0 rings (SSSR count). The zero-order valence-corrected chi connectivity index (χ0v) is 17.8. The Balaban J connectivity index is 4.64. The molecule has 0 amide bonds. The first-order valence-electron chi connectivity index (χ1n) is 8.69. The second-order valence-electron chi connectivity index (χ2n) is 7.40. The van der Waals surface area contributed by atoms with Gasteiger partial charge in [0.15, 0.2) is 0 Å². The SMILES string of the molecule is C/C(=C\CC/C(C)=C/CO[Si](C(C)C)(C(C)C)C(C)C)CCl.